The van der Waals surface area contributed by atoms with E-state index in [1.807, 2.05) is 0 Å². The number of benzene rings is 1. The highest BCUT2D eigenvalue weighted by molar-refractivity contribution is 5.88. The Bertz CT molecular complexity index is 1620. The van der Waals surface area contributed by atoms with Crippen LogP contribution in [0, 0.1) is 26.2 Å². The van der Waals surface area contributed by atoms with Crippen LogP contribution in [0.2, 0.25) is 0 Å². The molecule has 1 fully saturated rings. The molecule has 0 unspecified atom stereocenters. The van der Waals surface area contributed by atoms with E-state index in [0.717, 1.165) is 12.1 Å². The van der Waals surface area contributed by atoms with E-state index in [2.05, 4.69) is 21.2 Å². The van der Waals surface area contributed by atoms with Gasteiger partial charge in [-0.3, -0.25) is 14.2 Å². The second-order valence-corrected chi connectivity index (χ2v) is 9.29. The molecule has 0 aliphatic carbocycles. The average Bonchev–Trinajstić information content (AvgIpc) is 2.85. The van der Waals surface area contributed by atoms with Crippen LogP contribution in [0.4, 0.5) is 23.4 Å². The number of anilines is 1. The molecule has 3 aromatic rings. The van der Waals surface area contributed by atoms with Crippen molar-refractivity contribution in [2.45, 2.75) is 51.5 Å². The smallest absolute Gasteiger partial charge is 0.352 e. The van der Waals surface area contributed by atoms with Crippen molar-refractivity contribution in [3.63, 3.8) is 0 Å². The van der Waals surface area contributed by atoms with Crippen molar-refractivity contribution in [2.75, 3.05) is 18.4 Å². The summed E-state index contributed by atoms with van der Waals surface area (Å²) in [6, 6.07) is 3.56. The SMILES string of the molecule is [2H]C([2H])([2H])n1c(=O)c(C2(F)CCN(C(C)=O)CC2)cc2c(N[C@H](C#C)c3cccc(C(F)(F)F)c3C)nc(C)nc21. The number of hydrogen-bond acceptors (Lipinski definition) is 5. The van der Waals surface area contributed by atoms with Crippen molar-refractivity contribution in [3.8, 4) is 12.3 Å². The van der Waals surface area contributed by atoms with Crippen molar-refractivity contribution >= 4 is 22.8 Å². The third kappa shape index (κ3) is 4.83. The summed E-state index contributed by atoms with van der Waals surface area (Å²) in [5.41, 5.74) is -5.03. The molecule has 2 aromatic heterocycles. The zero-order chi connectivity index (χ0) is 30.5. The van der Waals surface area contributed by atoms with Gasteiger partial charge in [-0.2, -0.15) is 13.2 Å². The van der Waals surface area contributed by atoms with Crippen molar-refractivity contribution in [1.29, 1.82) is 0 Å². The molecule has 1 saturated heterocycles. The van der Waals surface area contributed by atoms with Crippen LogP contribution < -0.4 is 10.9 Å². The van der Waals surface area contributed by atoms with E-state index in [0.29, 0.717) is 4.57 Å². The number of halogens is 4. The average molecular weight is 533 g/mol. The predicted octanol–water partition coefficient (Wildman–Crippen LogP) is 4.56. The molecule has 4 rings (SSSR count). The van der Waals surface area contributed by atoms with Crippen LogP contribution in [0.25, 0.3) is 11.0 Å². The minimum Gasteiger partial charge on any atom is -0.352 e. The first-order valence-electron chi connectivity index (χ1n) is 13.3. The Balaban J connectivity index is 1.92. The van der Waals surface area contributed by atoms with Gasteiger partial charge in [0.1, 0.15) is 29.0 Å². The number of piperidine rings is 1. The molecule has 1 aliphatic heterocycles. The van der Waals surface area contributed by atoms with Crippen LogP contribution >= 0.6 is 0 Å². The van der Waals surface area contributed by atoms with Crippen molar-refractivity contribution in [2.24, 2.45) is 6.98 Å². The highest BCUT2D eigenvalue weighted by atomic mass is 19.4. The minimum atomic E-state index is -4.63. The van der Waals surface area contributed by atoms with E-state index >= 15 is 4.39 Å². The van der Waals surface area contributed by atoms with Crippen molar-refractivity contribution in [1.82, 2.24) is 19.4 Å². The molecule has 7 nitrogen and oxygen atoms in total. The third-order valence-electron chi connectivity index (χ3n) is 6.90. The summed E-state index contributed by atoms with van der Waals surface area (Å²) in [5.74, 6) is 2.09. The fraction of sp³-hybridized carbons (Fsp3) is 0.407. The maximum atomic E-state index is 16.4. The van der Waals surface area contributed by atoms with Gasteiger partial charge >= 0.3 is 6.18 Å². The number of terminal acetylenes is 1. The number of pyridine rings is 1. The standard InChI is InChI=1S/C27H27F4N5O2/c1-6-22(18-8-7-9-20(15(18)2)27(29,30)31)34-23-19-14-21(25(38)35(5)24(19)33-16(3)32-23)26(28)10-12-36(13-11-26)17(4)37/h1,7-9,14,22H,10-13H2,2-5H3,(H,32,33,34)/t22-/m1/s1/i5D3. The zero-order valence-electron chi connectivity index (χ0n) is 23.9. The molecule has 1 N–H and O–H groups in total. The third-order valence-corrected chi connectivity index (χ3v) is 6.90. The Morgan fingerprint density at radius 3 is 2.53 bits per heavy atom. The summed E-state index contributed by atoms with van der Waals surface area (Å²) in [6.45, 7) is 1.01. The molecule has 38 heavy (non-hydrogen) atoms. The lowest BCUT2D eigenvalue weighted by Gasteiger charge is -2.36. The largest absolute Gasteiger partial charge is 0.416 e. The van der Waals surface area contributed by atoms with Gasteiger partial charge in [0.15, 0.2) is 0 Å². The number of likely N-dealkylation sites (tertiary alicyclic amines) is 1. The van der Waals surface area contributed by atoms with Crippen molar-refractivity contribution in [3.05, 3.63) is 62.7 Å². The number of carbonyl (C=O) groups is 1. The van der Waals surface area contributed by atoms with Gasteiger partial charge in [-0.05, 0) is 37.1 Å². The maximum Gasteiger partial charge on any atom is 0.416 e. The second-order valence-electron chi connectivity index (χ2n) is 9.29. The molecule has 200 valence electrons. The number of alkyl halides is 4. The molecular formula is C27H27F4N5O2. The van der Waals surface area contributed by atoms with E-state index in [1.165, 1.54) is 37.8 Å². The number of fused-ring (bicyclic) bond motifs is 1. The maximum absolute atomic E-state index is 16.4. The van der Waals surface area contributed by atoms with Gasteiger partial charge in [0.05, 0.1) is 16.5 Å². The van der Waals surface area contributed by atoms with E-state index in [9.17, 15) is 22.8 Å². The summed E-state index contributed by atoms with van der Waals surface area (Å²) in [4.78, 5) is 35.1. The molecule has 1 atom stereocenters. The van der Waals surface area contributed by atoms with Crippen LogP contribution in [0.5, 0.6) is 0 Å². The van der Waals surface area contributed by atoms with Gasteiger partial charge in [-0.1, -0.05) is 18.1 Å². The first kappa shape index (κ1) is 23.2. The van der Waals surface area contributed by atoms with Crippen LogP contribution in [-0.4, -0.2) is 38.4 Å². The molecule has 0 radical (unpaired) electrons. The molecule has 1 amide bonds. The summed E-state index contributed by atoms with van der Waals surface area (Å²) in [6.07, 6.45) is 0.588. The van der Waals surface area contributed by atoms with Crippen LogP contribution in [-0.2, 0) is 23.6 Å². The molecular weight excluding hydrogens is 502 g/mol. The fourth-order valence-corrected chi connectivity index (χ4v) is 4.79. The molecule has 3 heterocycles. The fourth-order valence-electron chi connectivity index (χ4n) is 4.79. The van der Waals surface area contributed by atoms with E-state index in [1.54, 1.807) is 0 Å². The summed E-state index contributed by atoms with van der Waals surface area (Å²) in [5, 5.41) is 2.82. The second kappa shape index (κ2) is 9.74. The van der Waals surface area contributed by atoms with Crippen LogP contribution in [0.1, 0.15) is 58.0 Å². The highest BCUT2D eigenvalue weighted by Gasteiger charge is 2.40. The molecule has 11 heteroatoms. The van der Waals surface area contributed by atoms with Gasteiger partial charge in [0, 0.05) is 43.9 Å². The van der Waals surface area contributed by atoms with Gasteiger partial charge in [-0.25, -0.2) is 14.4 Å². The van der Waals surface area contributed by atoms with E-state index < -0.39 is 41.5 Å². The zero-order valence-corrected chi connectivity index (χ0v) is 20.9. The number of rotatable bonds is 4. The monoisotopic (exact) mass is 532 g/mol. The Kier molecular flexibility index (Phi) is 5.95. The summed E-state index contributed by atoms with van der Waals surface area (Å²) < 4.78 is 81.6. The predicted molar refractivity (Wildman–Crippen MR) is 135 cm³/mol. The topological polar surface area (TPSA) is 80.1 Å². The molecule has 0 saturated carbocycles. The lowest BCUT2D eigenvalue weighted by Crippen LogP contribution is -2.45. The Labute approximate surface area is 221 Å². The Morgan fingerprint density at radius 1 is 1.26 bits per heavy atom. The Morgan fingerprint density at radius 2 is 1.95 bits per heavy atom. The minimum absolute atomic E-state index is 0.0145. The molecule has 1 aromatic carbocycles. The normalized spacial score (nSPS) is 17.7. The number of nitrogens with zero attached hydrogens (tertiary/aromatic N) is 4. The lowest BCUT2D eigenvalue weighted by atomic mass is 9.86. The van der Waals surface area contributed by atoms with Crippen LogP contribution in [0.15, 0.2) is 29.1 Å². The summed E-state index contributed by atoms with van der Waals surface area (Å²) in [7, 11) is 0. The quantitative estimate of drug-likeness (QED) is 0.394. The lowest BCUT2D eigenvalue weighted by molar-refractivity contribution is -0.138. The van der Waals surface area contributed by atoms with E-state index in [4.69, 9.17) is 10.5 Å². The number of hydrogen-bond donors (Lipinski definition) is 1. The van der Waals surface area contributed by atoms with Crippen LogP contribution in [0.3, 0.4) is 0 Å². The number of nitrogens with one attached hydrogen (secondary N) is 1. The number of carbonyl (C=O) groups excluding carboxylic acids is 1. The Hall–Kier alpha value is -3.94. The number of aryl methyl sites for hydroxylation is 2. The molecule has 1 aliphatic rings. The number of amides is 1. The van der Waals surface area contributed by atoms with Gasteiger partial charge in [-0.15, -0.1) is 6.42 Å². The summed E-state index contributed by atoms with van der Waals surface area (Å²) >= 11 is 0. The highest BCUT2D eigenvalue weighted by Crippen LogP contribution is 2.38. The first-order valence-corrected chi connectivity index (χ1v) is 11.8. The van der Waals surface area contributed by atoms with Gasteiger partial charge in [0.25, 0.3) is 5.56 Å². The number of aromatic nitrogens is 3. The van der Waals surface area contributed by atoms with Crippen molar-refractivity contribution < 1.29 is 26.5 Å². The van der Waals surface area contributed by atoms with E-state index in [-0.39, 0.29) is 65.6 Å². The van der Waals surface area contributed by atoms with Gasteiger partial charge < -0.3 is 10.2 Å². The van der Waals surface area contributed by atoms with Gasteiger partial charge in [0.2, 0.25) is 5.91 Å². The molecule has 0 bridgehead atoms. The molecule has 0 spiro atoms. The first-order chi connectivity index (χ1) is 19.0.